The van der Waals surface area contributed by atoms with Crippen LogP contribution in [0.4, 0.5) is 5.69 Å². The Morgan fingerprint density at radius 3 is 2.85 bits per heavy atom. The summed E-state index contributed by atoms with van der Waals surface area (Å²) >= 11 is 5.84. The Balaban J connectivity index is 1.88. The van der Waals surface area contributed by atoms with Crippen LogP contribution in [0.2, 0.25) is 5.02 Å². The number of halogens is 1. The van der Waals surface area contributed by atoms with E-state index in [1.54, 1.807) is 42.5 Å². The number of hydrogen-bond acceptors (Lipinski definition) is 3. The zero-order chi connectivity index (χ0) is 14.1. The van der Waals surface area contributed by atoms with Crippen LogP contribution >= 0.6 is 11.6 Å². The van der Waals surface area contributed by atoms with E-state index >= 15 is 0 Å². The van der Waals surface area contributed by atoms with E-state index in [9.17, 15) is 9.59 Å². The number of benzene rings is 2. The SMILES string of the molecule is O=C(Nc1ccc2oc(=O)[nH]c2c1)c1cccc(Cl)c1. The van der Waals surface area contributed by atoms with E-state index in [0.717, 1.165) is 0 Å². The van der Waals surface area contributed by atoms with Gasteiger partial charge >= 0.3 is 5.76 Å². The average molecular weight is 289 g/mol. The van der Waals surface area contributed by atoms with Crippen LogP contribution in [0.1, 0.15) is 10.4 Å². The van der Waals surface area contributed by atoms with Crippen LogP contribution in [0, 0.1) is 0 Å². The summed E-state index contributed by atoms with van der Waals surface area (Å²) in [6, 6.07) is 11.5. The summed E-state index contributed by atoms with van der Waals surface area (Å²) in [5.74, 6) is -0.809. The number of amides is 1. The summed E-state index contributed by atoms with van der Waals surface area (Å²) in [6.07, 6.45) is 0. The number of oxazole rings is 1. The number of hydrogen-bond donors (Lipinski definition) is 2. The molecular formula is C14H9ClN2O3. The second kappa shape index (κ2) is 4.86. The number of anilines is 1. The van der Waals surface area contributed by atoms with Crippen LogP contribution in [0.3, 0.4) is 0 Å². The molecule has 0 aliphatic heterocycles. The van der Waals surface area contributed by atoms with Crippen LogP contribution in [-0.4, -0.2) is 10.9 Å². The molecule has 0 spiro atoms. The van der Waals surface area contributed by atoms with Gasteiger partial charge in [0, 0.05) is 16.3 Å². The largest absolute Gasteiger partial charge is 0.417 e. The molecule has 0 saturated carbocycles. The Labute approximate surface area is 118 Å². The van der Waals surface area contributed by atoms with E-state index in [1.165, 1.54) is 0 Å². The van der Waals surface area contributed by atoms with Gasteiger partial charge in [0.2, 0.25) is 0 Å². The van der Waals surface area contributed by atoms with Crippen molar-refractivity contribution >= 4 is 34.3 Å². The second-order valence-corrected chi connectivity index (χ2v) is 4.63. The number of rotatable bonds is 2. The summed E-state index contributed by atoms with van der Waals surface area (Å²) in [7, 11) is 0. The van der Waals surface area contributed by atoms with Gasteiger partial charge < -0.3 is 9.73 Å². The van der Waals surface area contributed by atoms with Gasteiger partial charge in [-0.25, -0.2) is 4.79 Å². The molecular weight excluding hydrogens is 280 g/mol. The molecule has 1 amide bonds. The number of aromatic amines is 1. The number of nitrogens with one attached hydrogen (secondary N) is 2. The van der Waals surface area contributed by atoms with Crippen molar-refractivity contribution in [1.29, 1.82) is 0 Å². The molecule has 2 aromatic carbocycles. The van der Waals surface area contributed by atoms with Crippen molar-refractivity contribution in [2.24, 2.45) is 0 Å². The summed E-state index contributed by atoms with van der Waals surface area (Å²) < 4.78 is 4.89. The maximum atomic E-state index is 12.0. The monoisotopic (exact) mass is 288 g/mol. The van der Waals surface area contributed by atoms with E-state index in [1.807, 2.05) is 0 Å². The Morgan fingerprint density at radius 1 is 1.20 bits per heavy atom. The molecule has 0 aliphatic carbocycles. The van der Waals surface area contributed by atoms with Gasteiger partial charge in [-0.05, 0) is 36.4 Å². The molecule has 2 N–H and O–H groups in total. The molecule has 0 saturated heterocycles. The van der Waals surface area contributed by atoms with E-state index in [2.05, 4.69) is 10.3 Å². The topological polar surface area (TPSA) is 75.1 Å². The number of H-pyrrole nitrogens is 1. The lowest BCUT2D eigenvalue weighted by Gasteiger charge is -2.05. The minimum absolute atomic E-state index is 0.280. The highest BCUT2D eigenvalue weighted by Crippen LogP contribution is 2.18. The number of fused-ring (bicyclic) bond motifs is 1. The molecule has 1 aromatic heterocycles. The van der Waals surface area contributed by atoms with Gasteiger partial charge in [0.05, 0.1) is 5.52 Å². The number of aromatic nitrogens is 1. The Bertz CT molecular complexity index is 851. The normalized spacial score (nSPS) is 10.7. The molecule has 0 atom stereocenters. The molecule has 1 heterocycles. The van der Waals surface area contributed by atoms with Gasteiger partial charge in [0.25, 0.3) is 5.91 Å². The zero-order valence-electron chi connectivity index (χ0n) is 10.1. The highest BCUT2D eigenvalue weighted by atomic mass is 35.5. The summed E-state index contributed by atoms with van der Waals surface area (Å²) in [4.78, 5) is 25.6. The van der Waals surface area contributed by atoms with Gasteiger partial charge in [0.15, 0.2) is 5.58 Å². The first-order valence-electron chi connectivity index (χ1n) is 5.81. The lowest BCUT2D eigenvalue weighted by atomic mass is 10.2. The fourth-order valence-corrected chi connectivity index (χ4v) is 2.05. The molecule has 20 heavy (non-hydrogen) atoms. The maximum Gasteiger partial charge on any atom is 0.417 e. The molecule has 0 unspecified atom stereocenters. The Hall–Kier alpha value is -2.53. The summed E-state index contributed by atoms with van der Waals surface area (Å²) in [5.41, 5.74) is 1.98. The Morgan fingerprint density at radius 2 is 2.05 bits per heavy atom. The first-order valence-corrected chi connectivity index (χ1v) is 6.19. The standard InChI is InChI=1S/C14H9ClN2O3/c15-9-3-1-2-8(6-9)13(18)16-10-4-5-12-11(7-10)17-14(19)20-12/h1-7H,(H,16,18)(H,17,19). The van der Waals surface area contributed by atoms with Crippen LogP contribution in [0.15, 0.2) is 51.7 Å². The van der Waals surface area contributed by atoms with E-state index < -0.39 is 5.76 Å². The van der Waals surface area contributed by atoms with Crippen LogP contribution in [-0.2, 0) is 0 Å². The third-order valence-corrected chi connectivity index (χ3v) is 3.00. The summed E-state index contributed by atoms with van der Waals surface area (Å²) in [5, 5.41) is 3.22. The fourth-order valence-electron chi connectivity index (χ4n) is 1.86. The molecule has 0 radical (unpaired) electrons. The van der Waals surface area contributed by atoms with Crippen molar-refractivity contribution in [3.8, 4) is 0 Å². The Kier molecular flexibility index (Phi) is 3.04. The van der Waals surface area contributed by atoms with Crippen molar-refractivity contribution < 1.29 is 9.21 Å². The third-order valence-electron chi connectivity index (χ3n) is 2.76. The van der Waals surface area contributed by atoms with E-state index in [0.29, 0.717) is 27.4 Å². The van der Waals surface area contributed by atoms with Crippen LogP contribution < -0.4 is 11.1 Å². The highest BCUT2D eigenvalue weighted by molar-refractivity contribution is 6.31. The van der Waals surface area contributed by atoms with Gasteiger partial charge in [-0.15, -0.1) is 0 Å². The minimum Gasteiger partial charge on any atom is -0.408 e. The highest BCUT2D eigenvalue weighted by Gasteiger charge is 2.08. The second-order valence-electron chi connectivity index (χ2n) is 4.19. The fraction of sp³-hybridized carbons (Fsp3) is 0. The van der Waals surface area contributed by atoms with E-state index in [-0.39, 0.29) is 5.91 Å². The van der Waals surface area contributed by atoms with E-state index in [4.69, 9.17) is 16.0 Å². The maximum absolute atomic E-state index is 12.0. The van der Waals surface area contributed by atoms with Gasteiger partial charge in [-0.2, -0.15) is 0 Å². The van der Waals surface area contributed by atoms with Gasteiger partial charge in [0.1, 0.15) is 0 Å². The lowest BCUT2D eigenvalue weighted by Crippen LogP contribution is -2.11. The molecule has 0 bridgehead atoms. The predicted octanol–water partition coefficient (Wildman–Crippen LogP) is 3.03. The predicted molar refractivity (Wildman–Crippen MR) is 76.2 cm³/mol. The lowest BCUT2D eigenvalue weighted by molar-refractivity contribution is 0.102. The first-order chi connectivity index (χ1) is 9.61. The summed E-state index contributed by atoms with van der Waals surface area (Å²) in [6.45, 7) is 0. The molecule has 5 nitrogen and oxygen atoms in total. The molecule has 0 fully saturated rings. The quantitative estimate of drug-likeness (QED) is 0.761. The number of carbonyl (C=O) groups is 1. The third kappa shape index (κ3) is 2.44. The van der Waals surface area contributed by atoms with Crippen molar-refractivity contribution in [1.82, 2.24) is 4.98 Å². The van der Waals surface area contributed by atoms with Crippen molar-refractivity contribution in [3.05, 3.63) is 63.6 Å². The van der Waals surface area contributed by atoms with Crippen molar-refractivity contribution in [2.45, 2.75) is 0 Å². The molecule has 3 aromatic rings. The van der Waals surface area contributed by atoms with Gasteiger partial charge in [-0.1, -0.05) is 17.7 Å². The zero-order valence-corrected chi connectivity index (χ0v) is 10.9. The first kappa shape index (κ1) is 12.5. The van der Waals surface area contributed by atoms with Crippen LogP contribution in [0.25, 0.3) is 11.1 Å². The molecule has 100 valence electrons. The number of carbonyl (C=O) groups excluding carboxylic acids is 1. The minimum atomic E-state index is -0.529. The van der Waals surface area contributed by atoms with Crippen molar-refractivity contribution in [2.75, 3.05) is 5.32 Å². The molecule has 6 heteroatoms. The molecule has 3 rings (SSSR count). The smallest absolute Gasteiger partial charge is 0.408 e. The average Bonchev–Trinajstić information content (AvgIpc) is 2.78. The van der Waals surface area contributed by atoms with Crippen LogP contribution in [0.5, 0.6) is 0 Å². The van der Waals surface area contributed by atoms with Crippen molar-refractivity contribution in [3.63, 3.8) is 0 Å². The van der Waals surface area contributed by atoms with Gasteiger partial charge in [-0.3, -0.25) is 9.78 Å². The molecule has 0 aliphatic rings.